The smallest absolute Gasteiger partial charge is 0.00970 e. The Kier molecular flexibility index (Phi) is 7.72. The first-order valence-corrected chi connectivity index (χ1v) is 3.85. The van der Waals surface area contributed by atoms with Crippen LogP contribution < -0.4 is 5.73 Å². The Morgan fingerprint density at radius 3 is 2.00 bits per heavy atom. The summed E-state index contributed by atoms with van der Waals surface area (Å²) in [5.41, 5.74) is 5.83. The molecule has 0 saturated heterocycles. The summed E-state index contributed by atoms with van der Waals surface area (Å²) in [6.07, 6.45) is 5.04. The standard InChI is InChI=1S/C8H19N.ClH/c1-4-5-6-7-8(2,3)9;/h4-7,9H2,1-3H3;1H. The summed E-state index contributed by atoms with van der Waals surface area (Å²) in [5, 5.41) is 0. The lowest BCUT2D eigenvalue weighted by molar-refractivity contribution is 0.449. The molecule has 0 aromatic heterocycles. The molecule has 0 aromatic carbocycles. The van der Waals surface area contributed by atoms with E-state index < -0.39 is 0 Å². The summed E-state index contributed by atoms with van der Waals surface area (Å²) in [6, 6.07) is 0. The van der Waals surface area contributed by atoms with Crippen LogP contribution in [0, 0.1) is 0 Å². The van der Waals surface area contributed by atoms with Crippen LogP contribution in [0.1, 0.15) is 46.5 Å². The molecule has 0 radical (unpaired) electrons. The first-order chi connectivity index (χ1) is 4.06. The largest absolute Gasteiger partial charge is 0.326 e. The molecule has 2 heteroatoms. The zero-order valence-corrected chi connectivity index (χ0v) is 8.13. The predicted molar refractivity (Wildman–Crippen MR) is 49.7 cm³/mol. The fraction of sp³-hybridized carbons (Fsp3) is 1.00. The first kappa shape index (κ1) is 12.9. The molecule has 0 unspecified atom stereocenters. The lowest BCUT2D eigenvalue weighted by Crippen LogP contribution is -2.31. The highest BCUT2D eigenvalue weighted by Crippen LogP contribution is 2.09. The molecule has 0 bridgehead atoms. The zero-order valence-electron chi connectivity index (χ0n) is 7.31. The Labute approximate surface area is 70.8 Å². The van der Waals surface area contributed by atoms with E-state index in [0.717, 1.165) is 6.42 Å². The van der Waals surface area contributed by atoms with E-state index in [0.29, 0.717) is 0 Å². The van der Waals surface area contributed by atoms with Crippen LogP contribution in [-0.4, -0.2) is 5.54 Å². The van der Waals surface area contributed by atoms with Gasteiger partial charge in [0.25, 0.3) is 0 Å². The molecule has 0 saturated carbocycles. The second-order valence-corrected chi connectivity index (χ2v) is 3.45. The van der Waals surface area contributed by atoms with Crippen LogP contribution in [0.5, 0.6) is 0 Å². The van der Waals surface area contributed by atoms with Crippen molar-refractivity contribution in [2.24, 2.45) is 5.73 Å². The molecule has 2 N–H and O–H groups in total. The molecule has 0 atom stereocenters. The van der Waals surface area contributed by atoms with Gasteiger partial charge in [-0.05, 0) is 20.3 Å². The molecule has 0 rings (SSSR count). The third-order valence-electron chi connectivity index (χ3n) is 1.42. The van der Waals surface area contributed by atoms with Crippen LogP contribution in [-0.2, 0) is 0 Å². The number of rotatable bonds is 4. The van der Waals surface area contributed by atoms with Crippen molar-refractivity contribution in [1.82, 2.24) is 0 Å². The van der Waals surface area contributed by atoms with E-state index >= 15 is 0 Å². The lowest BCUT2D eigenvalue weighted by atomic mass is 9.98. The minimum absolute atomic E-state index is 0. The van der Waals surface area contributed by atoms with Crippen LogP contribution in [0.25, 0.3) is 0 Å². The number of nitrogens with two attached hydrogens (primary N) is 1. The van der Waals surface area contributed by atoms with Crippen molar-refractivity contribution in [2.45, 2.75) is 52.0 Å². The molecule has 0 aliphatic rings. The molecular formula is C8H20ClN. The Hall–Kier alpha value is 0.250. The molecule has 10 heavy (non-hydrogen) atoms. The molecule has 0 fully saturated rings. The van der Waals surface area contributed by atoms with E-state index in [1.807, 2.05) is 0 Å². The van der Waals surface area contributed by atoms with Gasteiger partial charge in [-0.15, -0.1) is 12.4 Å². The third-order valence-corrected chi connectivity index (χ3v) is 1.42. The van der Waals surface area contributed by atoms with Gasteiger partial charge in [-0.2, -0.15) is 0 Å². The highest BCUT2D eigenvalue weighted by molar-refractivity contribution is 5.85. The Morgan fingerprint density at radius 1 is 1.20 bits per heavy atom. The second kappa shape index (κ2) is 5.99. The fourth-order valence-electron chi connectivity index (χ4n) is 0.831. The summed E-state index contributed by atoms with van der Waals surface area (Å²) in [4.78, 5) is 0. The molecule has 0 aromatic rings. The monoisotopic (exact) mass is 165 g/mol. The highest BCUT2D eigenvalue weighted by atomic mass is 35.5. The minimum atomic E-state index is 0. The van der Waals surface area contributed by atoms with Crippen LogP contribution in [0.2, 0.25) is 0 Å². The van der Waals surface area contributed by atoms with E-state index in [4.69, 9.17) is 5.73 Å². The summed E-state index contributed by atoms with van der Waals surface area (Å²) in [5.74, 6) is 0. The second-order valence-electron chi connectivity index (χ2n) is 3.45. The summed E-state index contributed by atoms with van der Waals surface area (Å²) >= 11 is 0. The molecule has 0 amide bonds. The predicted octanol–water partition coefficient (Wildman–Crippen LogP) is 2.73. The number of hydrogen-bond acceptors (Lipinski definition) is 1. The summed E-state index contributed by atoms with van der Waals surface area (Å²) in [7, 11) is 0. The number of hydrogen-bond donors (Lipinski definition) is 1. The summed E-state index contributed by atoms with van der Waals surface area (Å²) in [6.45, 7) is 6.38. The minimum Gasteiger partial charge on any atom is -0.326 e. The Balaban J connectivity index is 0. The molecule has 0 spiro atoms. The van der Waals surface area contributed by atoms with Crippen LogP contribution in [0.3, 0.4) is 0 Å². The molecule has 64 valence electrons. The van der Waals surface area contributed by atoms with Gasteiger partial charge in [0.1, 0.15) is 0 Å². The van der Waals surface area contributed by atoms with Gasteiger partial charge < -0.3 is 5.73 Å². The van der Waals surface area contributed by atoms with Gasteiger partial charge in [0.15, 0.2) is 0 Å². The topological polar surface area (TPSA) is 26.0 Å². The maximum atomic E-state index is 5.78. The van der Waals surface area contributed by atoms with Crippen molar-refractivity contribution in [3.63, 3.8) is 0 Å². The highest BCUT2D eigenvalue weighted by Gasteiger charge is 2.08. The van der Waals surface area contributed by atoms with Crippen molar-refractivity contribution < 1.29 is 0 Å². The van der Waals surface area contributed by atoms with Crippen LogP contribution in [0.4, 0.5) is 0 Å². The average molecular weight is 166 g/mol. The van der Waals surface area contributed by atoms with Crippen molar-refractivity contribution in [1.29, 1.82) is 0 Å². The van der Waals surface area contributed by atoms with Gasteiger partial charge in [0, 0.05) is 5.54 Å². The fourth-order valence-corrected chi connectivity index (χ4v) is 0.831. The van der Waals surface area contributed by atoms with Gasteiger partial charge in [-0.25, -0.2) is 0 Å². The Bertz CT molecular complexity index is 66.1. The van der Waals surface area contributed by atoms with Gasteiger partial charge >= 0.3 is 0 Å². The molecular weight excluding hydrogens is 146 g/mol. The van der Waals surface area contributed by atoms with Gasteiger partial charge in [0.2, 0.25) is 0 Å². The number of unbranched alkanes of at least 4 members (excludes halogenated alkanes) is 2. The third kappa shape index (κ3) is 11.1. The normalized spacial score (nSPS) is 10.8. The first-order valence-electron chi connectivity index (χ1n) is 3.85. The molecule has 1 nitrogen and oxygen atoms in total. The zero-order chi connectivity index (χ0) is 7.33. The maximum absolute atomic E-state index is 5.78. The van der Waals surface area contributed by atoms with E-state index in [-0.39, 0.29) is 17.9 Å². The van der Waals surface area contributed by atoms with Crippen LogP contribution in [0.15, 0.2) is 0 Å². The van der Waals surface area contributed by atoms with Crippen molar-refractivity contribution in [3.8, 4) is 0 Å². The van der Waals surface area contributed by atoms with E-state index in [2.05, 4.69) is 20.8 Å². The van der Waals surface area contributed by atoms with Gasteiger partial charge in [-0.3, -0.25) is 0 Å². The maximum Gasteiger partial charge on any atom is 0.00970 e. The van der Waals surface area contributed by atoms with Crippen molar-refractivity contribution >= 4 is 12.4 Å². The molecule has 0 aliphatic heterocycles. The summed E-state index contributed by atoms with van der Waals surface area (Å²) < 4.78 is 0. The van der Waals surface area contributed by atoms with Crippen molar-refractivity contribution in [2.75, 3.05) is 0 Å². The van der Waals surface area contributed by atoms with E-state index in [1.165, 1.54) is 19.3 Å². The molecule has 0 heterocycles. The van der Waals surface area contributed by atoms with E-state index in [1.54, 1.807) is 0 Å². The SMILES string of the molecule is CCCCCC(C)(C)N.Cl. The van der Waals surface area contributed by atoms with Gasteiger partial charge in [-0.1, -0.05) is 26.2 Å². The van der Waals surface area contributed by atoms with Crippen molar-refractivity contribution in [3.05, 3.63) is 0 Å². The quantitative estimate of drug-likeness (QED) is 0.637. The molecule has 0 aliphatic carbocycles. The number of halogens is 1. The van der Waals surface area contributed by atoms with Crippen LogP contribution >= 0.6 is 12.4 Å². The Morgan fingerprint density at radius 2 is 1.70 bits per heavy atom. The van der Waals surface area contributed by atoms with E-state index in [9.17, 15) is 0 Å². The van der Waals surface area contributed by atoms with Gasteiger partial charge in [0.05, 0.1) is 0 Å². The lowest BCUT2D eigenvalue weighted by Gasteiger charge is -2.17. The average Bonchev–Trinajstić information content (AvgIpc) is 1.63.